The van der Waals surface area contributed by atoms with E-state index in [1.165, 1.54) is 0 Å². The van der Waals surface area contributed by atoms with E-state index in [4.69, 9.17) is 15.0 Å². The SMILES string of the molecule is Nc1cc(Br)ccc1-c1nc(CCOCC(F)F)no1. The van der Waals surface area contributed by atoms with Crippen molar-refractivity contribution in [3.63, 3.8) is 0 Å². The van der Waals surface area contributed by atoms with Gasteiger partial charge in [-0.25, -0.2) is 8.78 Å². The monoisotopic (exact) mass is 347 g/mol. The Labute approximate surface area is 122 Å². The molecule has 0 aliphatic carbocycles. The maximum Gasteiger partial charge on any atom is 0.261 e. The summed E-state index contributed by atoms with van der Waals surface area (Å²) in [5.74, 6) is 0.676. The van der Waals surface area contributed by atoms with Crippen molar-refractivity contribution in [2.24, 2.45) is 0 Å². The summed E-state index contributed by atoms with van der Waals surface area (Å²) in [6.45, 7) is -0.483. The highest BCUT2D eigenvalue weighted by Gasteiger charge is 2.12. The van der Waals surface area contributed by atoms with Gasteiger partial charge in [-0.1, -0.05) is 21.1 Å². The summed E-state index contributed by atoms with van der Waals surface area (Å²) in [6.07, 6.45) is -2.18. The number of halogens is 3. The van der Waals surface area contributed by atoms with Crippen molar-refractivity contribution < 1.29 is 18.0 Å². The predicted octanol–water partition coefficient (Wildman–Crippen LogP) is 2.91. The third-order valence-electron chi connectivity index (χ3n) is 2.43. The summed E-state index contributed by atoms with van der Waals surface area (Å²) in [4.78, 5) is 4.15. The number of nitrogen functional groups attached to an aromatic ring is 1. The smallest absolute Gasteiger partial charge is 0.261 e. The van der Waals surface area contributed by atoms with Crippen molar-refractivity contribution in [2.75, 3.05) is 18.9 Å². The van der Waals surface area contributed by atoms with E-state index in [1.54, 1.807) is 18.2 Å². The number of nitrogens with zero attached hydrogens (tertiary/aromatic N) is 2. The molecular formula is C12H12BrF2N3O2. The Kier molecular flexibility index (Phi) is 5.02. The molecule has 5 nitrogen and oxygen atoms in total. The van der Waals surface area contributed by atoms with Gasteiger partial charge in [0.05, 0.1) is 12.2 Å². The topological polar surface area (TPSA) is 74.2 Å². The van der Waals surface area contributed by atoms with Gasteiger partial charge in [-0.15, -0.1) is 0 Å². The predicted molar refractivity (Wildman–Crippen MR) is 72.4 cm³/mol. The summed E-state index contributed by atoms with van der Waals surface area (Å²) in [6, 6.07) is 5.29. The molecule has 1 heterocycles. The van der Waals surface area contributed by atoms with E-state index in [9.17, 15) is 8.78 Å². The van der Waals surface area contributed by atoms with Crippen LogP contribution in [0.5, 0.6) is 0 Å². The Bertz CT molecular complexity index is 578. The minimum atomic E-state index is -2.47. The molecule has 0 aliphatic rings. The summed E-state index contributed by atoms with van der Waals surface area (Å²) in [5, 5.41) is 3.75. The van der Waals surface area contributed by atoms with E-state index in [-0.39, 0.29) is 6.61 Å². The zero-order valence-corrected chi connectivity index (χ0v) is 11.9. The Morgan fingerprint density at radius 2 is 2.20 bits per heavy atom. The van der Waals surface area contributed by atoms with Crippen molar-refractivity contribution in [1.82, 2.24) is 10.1 Å². The Morgan fingerprint density at radius 1 is 1.40 bits per heavy atom. The molecule has 0 aliphatic heterocycles. The number of hydrogen-bond donors (Lipinski definition) is 1. The van der Waals surface area contributed by atoms with Crippen LogP contribution >= 0.6 is 15.9 Å². The molecule has 20 heavy (non-hydrogen) atoms. The molecule has 0 saturated carbocycles. The fourth-order valence-corrected chi connectivity index (χ4v) is 1.91. The van der Waals surface area contributed by atoms with Crippen molar-refractivity contribution in [3.8, 4) is 11.5 Å². The number of benzene rings is 1. The lowest BCUT2D eigenvalue weighted by molar-refractivity contribution is 0.0182. The van der Waals surface area contributed by atoms with Crippen LogP contribution in [0.4, 0.5) is 14.5 Å². The highest BCUT2D eigenvalue weighted by Crippen LogP contribution is 2.27. The van der Waals surface area contributed by atoms with Gasteiger partial charge in [0.1, 0.15) is 6.61 Å². The Hall–Kier alpha value is -1.54. The van der Waals surface area contributed by atoms with Gasteiger partial charge in [-0.05, 0) is 18.2 Å². The van der Waals surface area contributed by atoms with Gasteiger partial charge in [-0.2, -0.15) is 4.98 Å². The van der Waals surface area contributed by atoms with Gasteiger partial charge in [-0.3, -0.25) is 0 Å². The number of anilines is 1. The van der Waals surface area contributed by atoms with Crippen molar-refractivity contribution in [1.29, 1.82) is 0 Å². The van der Waals surface area contributed by atoms with Gasteiger partial charge in [0, 0.05) is 16.6 Å². The normalized spacial score (nSPS) is 11.2. The van der Waals surface area contributed by atoms with Crippen LogP contribution in [-0.4, -0.2) is 29.8 Å². The molecule has 1 aromatic heterocycles. The standard InChI is InChI=1S/C12H12BrF2N3O2/c13-7-1-2-8(9(16)5-7)12-17-11(18-20-12)3-4-19-6-10(14)15/h1-2,5,10H,3-4,6,16H2. The molecule has 2 N–H and O–H groups in total. The molecule has 2 rings (SSSR count). The average molecular weight is 348 g/mol. The summed E-state index contributed by atoms with van der Waals surface area (Å²) < 4.78 is 34.4. The molecule has 0 saturated heterocycles. The van der Waals surface area contributed by atoms with E-state index in [0.717, 1.165) is 4.47 Å². The maximum absolute atomic E-state index is 11.9. The van der Waals surface area contributed by atoms with Crippen LogP contribution < -0.4 is 5.73 Å². The van der Waals surface area contributed by atoms with E-state index < -0.39 is 13.0 Å². The molecule has 0 radical (unpaired) electrons. The third-order valence-corrected chi connectivity index (χ3v) is 2.92. The first-order valence-corrected chi connectivity index (χ1v) is 6.59. The lowest BCUT2D eigenvalue weighted by Crippen LogP contribution is -2.07. The molecule has 0 spiro atoms. The molecule has 0 amide bonds. The molecule has 0 fully saturated rings. The van der Waals surface area contributed by atoms with E-state index in [2.05, 4.69) is 26.1 Å². The minimum Gasteiger partial charge on any atom is -0.398 e. The van der Waals surface area contributed by atoms with E-state index in [0.29, 0.717) is 29.4 Å². The first kappa shape index (κ1) is 14.9. The van der Waals surface area contributed by atoms with Gasteiger partial charge in [0.15, 0.2) is 5.82 Å². The zero-order valence-electron chi connectivity index (χ0n) is 10.4. The second kappa shape index (κ2) is 6.76. The van der Waals surface area contributed by atoms with Gasteiger partial charge >= 0.3 is 0 Å². The molecule has 0 atom stereocenters. The first-order chi connectivity index (χ1) is 9.56. The number of hydrogen-bond acceptors (Lipinski definition) is 5. The largest absolute Gasteiger partial charge is 0.398 e. The van der Waals surface area contributed by atoms with Crippen LogP contribution in [0.1, 0.15) is 5.82 Å². The second-order valence-corrected chi connectivity index (χ2v) is 4.88. The summed E-state index contributed by atoms with van der Waals surface area (Å²) >= 11 is 3.30. The highest BCUT2D eigenvalue weighted by molar-refractivity contribution is 9.10. The van der Waals surface area contributed by atoms with Gasteiger partial charge in [0.2, 0.25) is 0 Å². The third kappa shape index (κ3) is 3.97. The van der Waals surface area contributed by atoms with Crippen LogP contribution in [0.3, 0.4) is 0 Å². The number of alkyl halides is 2. The number of aromatic nitrogens is 2. The molecule has 8 heteroatoms. The molecule has 108 valence electrons. The van der Waals surface area contributed by atoms with Crippen LogP contribution in [-0.2, 0) is 11.2 Å². The minimum absolute atomic E-state index is 0.110. The Balaban J connectivity index is 1.98. The quantitative estimate of drug-likeness (QED) is 0.642. The van der Waals surface area contributed by atoms with E-state index >= 15 is 0 Å². The van der Waals surface area contributed by atoms with Crippen molar-refractivity contribution in [2.45, 2.75) is 12.8 Å². The van der Waals surface area contributed by atoms with Crippen LogP contribution in [0.2, 0.25) is 0 Å². The maximum atomic E-state index is 11.9. The second-order valence-electron chi connectivity index (χ2n) is 3.96. The summed E-state index contributed by atoms with van der Waals surface area (Å²) in [7, 11) is 0. The highest BCUT2D eigenvalue weighted by atomic mass is 79.9. The first-order valence-electron chi connectivity index (χ1n) is 5.80. The van der Waals surface area contributed by atoms with Crippen molar-refractivity contribution in [3.05, 3.63) is 28.5 Å². The summed E-state index contributed by atoms with van der Waals surface area (Å²) in [5.41, 5.74) is 6.98. The number of rotatable bonds is 6. The van der Waals surface area contributed by atoms with Crippen molar-refractivity contribution >= 4 is 21.6 Å². The van der Waals surface area contributed by atoms with Gasteiger partial charge < -0.3 is 15.0 Å². The molecule has 1 aromatic carbocycles. The fourth-order valence-electron chi connectivity index (χ4n) is 1.53. The number of ether oxygens (including phenoxy) is 1. The van der Waals surface area contributed by atoms with Crippen LogP contribution in [0.15, 0.2) is 27.2 Å². The van der Waals surface area contributed by atoms with Crippen LogP contribution in [0, 0.1) is 0 Å². The lowest BCUT2D eigenvalue weighted by atomic mass is 10.2. The van der Waals surface area contributed by atoms with E-state index in [1.807, 2.05) is 0 Å². The molecule has 0 unspecified atom stereocenters. The molecular weight excluding hydrogens is 336 g/mol. The molecule has 2 aromatic rings. The lowest BCUT2D eigenvalue weighted by Gasteiger charge is -2.00. The fraction of sp³-hybridized carbons (Fsp3) is 0.333. The van der Waals surface area contributed by atoms with Gasteiger partial charge in [0.25, 0.3) is 12.3 Å². The zero-order chi connectivity index (χ0) is 14.5. The number of nitrogens with two attached hydrogens (primary N) is 1. The Morgan fingerprint density at radius 3 is 2.90 bits per heavy atom. The van der Waals surface area contributed by atoms with Crippen LogP contribution in [0.25, 0.3) is 11.5 Å². The average Bonchev–Trinajstić information content (AvgIpc) is 2.83. The molecule has 0 bridgehead atoms.